The molecule has 25 heavy (non-hydrogen) atoms. The standard InChI is InChI=1S/C22H26N2O/c1-6-25-21-10-8-7-9-19(21)23-15-17-11-12-20-18(13-17)16(2)14-22(3,4)24(20)5/h7-15H,6H2,1-5H3. The van der Waals surface area contributed by atoms with Gasteiger partial charge in [-0.25, -0.2) is 0 Å². The summed E-state index contributed by atoms with van der Waals surface area (Å²) < 4.78 is 5.64. The second-order valence-electron chi connectivity index (χ2n) is 6.98. The van der Waals surface area contributed by atoms with Gasteiger partial charge in [-0.05, 0) is 63.1 Å². The summed E-state index contributed by atoms with van der Waals surface area (Å²) in [6.45, 7) is 9.27. The van der Waals surface area contributed by atoms with Crippen molar-refractivity contribution in [3.05, 3.63) is 59.7 Å². The first-order chi connectivity index (χ1) is 11.9. The maximum Gasteiger partial charge on any atom is 0.144 e. The second-order valence-corrected chi connectivity index (χ2v) is 6.98. The topological polar surface area (TPSA) is 24.8 Å². The lowest BCUT2D eigenvalue weighted by molar-refractivity contribution is 0.341. The Labute approximate surface area is 150 Å². The monoisotopic (exact) mass is 334 g/mol. The summed E-state index contributed by atoms with van der Waals surface area (Å²) >= 11 is 0. The number of para-hydroxylation sites is 2. The summed E-state index contributed by atoms with van der Waals surface area (Å²) in [5, 5.41) is 0. The molecule has 0 aromatic heterocycles. The van der Waals surface area contributed by atoms with Gasteiger partial charge < -0.3 is 9.64 Å². The Balaban J connectivity index is 1.93. The smallest absolute Gasteiger partial charge is 0.144 e. The zero-order valence-corrected chi connectivity index (χ0v) is 15.7. The van der Waals surface area contributed by atoms with E-state index in [2.05, 4.69) is 62.0 Å². The van der Waals surface area contributed by atoms with E-state index in [1.54, 1.807) is 0 Å². The molecule has 0 atom stereocenters. The minimum Gasteiger partial charge on any atom is -0.492 e. The molecule has 0 radical (unpaired) electrons. The fourth-order valence-corrected chi connectivity index (χ4v) is 3.24. The van der Waals surface area contributed by atoms with Crippen molar-refractivity contribution in [2.45, 2.75) is 33.2 Å². The van der Waals surface area contributed by atoms with Gasteiger partial charge in [-0.2, -0.15) is 0 Å². The molecule has 0 amide bonds. The highest BCUT2D eigenvalue weighted by Gasteiger charge is 2.28. The highest BCUT2D eigenvalue weighted by molar-refractivity contribution is 5.89. The summed E-state index contributed by atoms with van der Waals surface area (Å²) in [6.07, 6.45) is 4.23. The average Bonchev–Trinajstić information content (AvgIpc) is 2.59. The molecule has 0 aliphatic carbocycles. The second kappa shape index (κ2) is 6.75. The molecule has 3 rings (SSSR count). The van der Waals surface area contributed by atoms with Crippen molar-refractivity contribution < 1.29 is 4.74 Å². The van der Waals surface area contributed by atoms with Crippen molar-refractivity contribution in [2.24, 2.45) is 4.99 Å². The number of fused-ring (bicyclic) bond motifs is 1. The van der Waals surface area contributed by atoms with Crippen molar-refractivity contribution in [2.75, 3.05) is 18.6 Å². The molecule has 2 aromatic rings. The van der Waals surface area contributed by atoms with Crippen LogP contribution in [0.2, 0.25) is 0 Å². The summed E-state index contributed by atoms with van der Waals surface area (Å²) in [6, 6.07) is 14.4. The van der Waals surface area contributed by atoms with Gasteiger partial charge in [-0.1, -0.05) is 24.3 Å². The maximum atomic E-state index is 5.64. The van der Waals surface area contributed by atoms with E-state index in [0.29, 0.717) is 6.61 Å². The molecule has 130 valence electrons. The van der Waals surface area contributed by atoms with Gasteiger partial charge in [0.2, 0.25) is 0 Å². The number of hydrogen-bond acceptors (Lipinski definition) is 3. The minimum atomic E-state index is 0.0309. The predicted molar refractivity (Wildman–Crippen MR) is 107 cm³/mol. The molecule has 0 saturated carbocycles. The maximum absolute atomic E-state index is 5.64. The van der Waals surface area contributed by atoms with Crippen LogP contribution in [-0.4, -0.2) is 25.4 Å². The molecule has 2 aromatic carbocycles. The lowest BCUT2D eigenvalue weighted by atomic mass is 9.89. The van der Waals surface area contributed by atoms with Gasteiger partial charge in [-0.15, -0.1) is 0 Å². The molecular formula is C22H26N2O. The van der Waals surface area contributed by atoms with E-state index in [1.807, 2.05) is 37.4 Å². The number of rotatable bonds is 4. The van der Waals surface area contributed by atoms with Crippen LogP contribution in [0.25, 0.3) is 5.57 Å². The van der Waals surface area contributed by atoms with E-state index in [4.69, 9.17) is 4.74 Å². The number of nitrogens with zero attached hydrogens (tertiary/aromatic N) is 2. The van der Waals surface area contributed by atoms with Crippen LogP contribution in [0.4, 0.5) is 11.4 Å². The van der Waals surface area contributed by atoms with Crippen LogP contribution in [0.1, 0.15) is 38.8 Å². The Kier molecular flexibility index (Phi) is 4.67. The van der Waals surface area contributed by atoms with E-state index >= 15 is 0 Å². The quantitative estimate of drug-likeness (QED) is 0.693. The number of hydrogen-bond donors (Lipinski definition) is 0. The van der Waals surface area contributed by atoms with Gasteiger partial charge >= 0.3 is 0 Å². The third-order valence-electron chi connectivity index (χ3n) is 4.76. The molecule has 3 nitrogen and oxygen atoms in total. The van der Waals surface area contributed by atoms with E-state index in [1.165, 1.54) is 16.8 Å². The molecule has 0 fully saturated rings. The third-order valence-corrected chi connectivity index (χ3v) is 4.76. The molecule has 0 bridgehead atoms. The van der Waals surface area contributed by atoms with Crippen LogP contribution in [0.5, 0.6) is 5.75 Å². The molecule has 0 N–H and O–H groups in total. The summed E-state index contributed by atoms with van der Waals surface area (Å²) in [5.74, 6) is 0.816. The number of anilines is 1. The van der Waals surface area contributed by atoms with Gasteiger partial charge in [0.1, 0.15) is 11.4 Å². The third kappa shape index (κ3) is 3.46. The molecule has 1 heterocycles. The van der Waals surface area contributed by atoms with Crippen molar-refractivity contribution in [1.82, 2.24) is 0 Å². The fourth-order valence-electron chi connectivity index (χ4n) is 3.24. The molecular weight excluding hydrogens is 308 g/mol. The minimum absolute atomic E-state index is 0.0309. The first kappa shape index (κ1) is 17.3. The van der Waals surface area contributed by atoms with E-state index < -0.39 is 0 Å². The summed E-state index contributed by atoms with van der Waals surface area (Å²) in [4.78, 5) is 6.95. The first-order valence-electron chi connectivity index (χ1n) is 8.76. The van der Waals surface area contributed by atoms with Gasteiger partial charge in [-0.3, -0.25) is 4.99 Å². The molecule has 3 heteroatoms. The van der Waals surface area contributed by atoms with Crippen molar-refractivity contribution >= 4 is 23.2 Å². The van der Waals surface area contributed by atoms with Crippen molar-refractivity contribution in [3.63, 3.8) is 0 Å². The van der Waals surface area contributed by atoms with Crippen LogP contribution in [0, 0.1) is 0 Å². The lowest BCUT2D eigenvalue weighted by Crippen LogP contribution is -2.42. The van der Waals surface area contributed by atoms with Crippen LogP contribution < -0.4 is 9.64 Å². The number of aliphatic imine (C=N–C) groups is 1. The number of allylic oxidation sites excluding steroid dienone is 1. The highest BCUT2D eigenvalue weighted by Crippen LogP contribution is 2.38. The molecule has 0 spiro atoms. The molecule has 0 saturated heterocycles. The Hall–Kier alpha value is -2.55. The number of ether oxygens (including phenoxy) is 1. The van der Waals surface area contributed by atoms with Gasteiger partial charge in [0, 0.05) is 24.5 Å². The Morgan fingerprint density at radius 2 is 1.92 bits per heavy atom. The molecule has 1 aliphatic heterocycles. The molecule has 1 aliphatic rings. The lowest BCUT2D eigenvalue weighted by Gasteiger charge is -2.40. The molecule has 0 unspecified atom stereocenters. The van der Waals surface area contributed by atoms with Crippen LogP contribution >= 0.6 is 0 Å². The highest BCUT2D eigenvalue weighted by atomic mass is 16.5. The normalized spacial score (nSPS) is 15.9. The van der Waals surface area contributed by atoms with E-state index in [0.717, 1.165) is 17.0 Å². The van der Waals surface area contributed by atoms with Gasteiger partial charge in [0.25, 0.3) is 0 Å². The SMILES string of the molecule is CCOc1ccccc1N=Cc1ccc2c(c1)C(C)=CC(C)(C)N2C. The van der Waals surface area contributed by atoms with Crippen LogP contribution in [-0.2, 0) is 0 Å². The average molecular weight is 334 g/mol. The number of benzene rings is 2. The Morgan fingerprint density at radius 1 is 1.16 bits per heavy atom. The predicted octanol–water partition coefficient (Wildman–Crippen LogP) is 5.47. The van der Waals surface area contributed by atoms with E-state index in [-0.39, 0.29) is 5.54 Å². The van der Waals surface area contributed by atoms with Crippen LogP contribution in [0.3, 0.4) is 0 Å². The number of likely N-dealkylation sites (N-methyl/N-ethyl adjacent to an activating group) is 1. The van der Waals surface area contributed by atoms with Crippen LogP contribution in [0.15, 0.2) is 53.5 Å². The largest absolute Gasteiger partial charge is 0.492 e. The van der Waals surface area contributed by atoms with Gasteiger partial charge in [0.05, 0.1) is 12.1 Å². The zero-order valence-electron chi connectivity index (χ0n) is 15.7. The zero-order chi connectivity index (χ0) is 18.0. The first-order valence-corrected chi connectivity index (χ1v) is 8.76. The Bertz CT molecular complexity index is 834. The van der Waals surface area contributed by atoms with Crippen molar-refractivity contribution in [1.29, 1.82) is 0 Å². The fraction of sp³-hybridized carbons (Fsp3) is 0.318. The summed E-state index contributed by atoms with van der Waals surface area (Å²) in [7, 11) is 2.15. The summed E-state index contributed by atoms with van der Waals surface area (Å²) in [5.41, 5.74) is 5.81. The Morgan fingerprint density at radius 3 is 2.68 bits per heavy atom. The van der Waals surface area contributed by atoms with Crippen molar-refractivity contribution in [3.8, 4) is 5.75 Å². The van der Waals surface area contributed by atoms with E-state index in [9.17, 15) is 0 Å². The van der Waals surface area contributed by atoms with Gasteiger partial charge in [0.15, 0.2) is 0 Å².